The largest absolute Gasteiger partial charge is 0.479 e. The number of carboxylic acid groups (broad SMARTS) is 1. The second kappa shape index (κ2) is 6.32. The summed E-state index contributed by atoms with van der Waals surface area (Å²) in [7, 11) is 0. The number of carbonyl (C=O) groups is 2. The lowest BCUT2D eigenvalue weighted by Crippen LogP contribution is -2.33. The maximum Gasteiger partial charge on any atom is 0.332 e. The van der Waals surface area contributed by atoms with Crippen molar-refractivity contribution in [2.75, 3.05) is 6.54 Å². The van der Waals surface area contributed by atoms with Gasteiger partial charge < -0.3 is 15.2 Å². The topological polar surface area (TPSA) is 75.6 Å². The highest BCUT2D eigenvalue weighted by molar-refractivity contribution is 9.10. The monoisotopic (exact) mass is 345 g/mol. The predicted octanol–water partition coefficient (Wildman–Crippen LogP) is 1.95. The van der Waals surface area contributed by atoms with Crippen molar-refractivity contribution in [3.05, 3.63) is 34.1 Å². The van der Waals surface area contributed by atoms with Gasteiger partial charge in [0.15, 0.2) is 6.10 Å². The zero-order valence-corrected chi connectivity index (χ0v) is 12.0. The number of hydrogen-bond donors (Lipinski definition) is 2. The average molecular weight is 346 g/mol. The van der Waals surface area contributed by atoms with E-state index in [2.05, 4.69) is 21.2 Å². The van der Waals surface area contributed by atoms with Crippen LogP contribution >= 0.6 is 15.9 Å². The molecule has 1 aromatic rings. The van der Waals surface area contributed by atoms with E-state index in [1.165, 1.54) is 12.1 Å². The Hall–Kier alpha value is -1.47. The van der Waals surface area contributed by atoms with Crippen LogP contribution in [0.25, 0.3) is 0 Å². The van der Waals surface area contributed by atoms with Crippen LogP contribution in [0.15, 0.2) is 22.7 Å². The maximum absolute atomic E-state index is 13.6. The van der Waals surface area contributed by atoms with E-state index in [1.807, 2.05) is 0 Å². The minimum atomic E-state index is -1.00. The molecule has 1 aliphatic rings. The molecule has 0 aromatic heterocycles. The molecular formula is C13H13BrFNO4. The molecule has 1 amide bonds. The molecule has 0 aliphatic carbocycles. The smallest absolute Gasteiger partial charge is 0.332 e. The van der Waals surface area contributed by atoms with Gasteiger partial charge in [-0.3, -0.25) is 4.79 Å². The van der Waals surface area contributed by atoms with Crippen molar-refractivity contribution in [1.82, 2.24) is 5.32 Å². The van der Waals surface area contributed by atoms with Gasteiger partial charge in [-0.1, -0.05) is 6.07 Å². The second-order valence-corrected chi connectivity index (χ2v) is 5.32. The SMILES string of the molecule is O=C(NCC1CCC(C(=O)O)O1)c1c(F)cccc1Br. The van der Waals surface area contributed by atoms with Crippen LogP contribution in [-0.4, -0.2) is 35.7 Å². The van der Waals surface area contributed by atoms with Gasteiger partial charge in [0, 0.05) is 11.0 Å². The molecule has 0 bridgehead atoms. The summed E-state index contributed by atoms with van der Waals surface area (Å²) in [5.74, 6) is -2.18. The number of amides is 1. The first kappa shape index (κ1) is 14.9. The predicted molar refractivity (Wildman–Crippen MR) is 72.0 cm³/mol. The molecule has 0 radical (unpaired) electrons. The van der Waals surface area contributed by atoms with E-state index in [1.54, 1.807) is 6.07 Å². The zero-order valence-electron chi connectivity index (χ0n) is 10.4. The van der Waals surface area contributed by atoms with Crippen LogP contribution in [0.4, 0.5) is 4.39 Å². The minimum Gasteiger partial charge on any atom is -0.479 e. The summed E-state index contributed by atoms with van der Waals surface area (Å²) in [5.41, 5.74) is -0.0692. The minimum absolute atomic E-state index is 0.0692. The van der Waals surface area contributed by atoms with Gasteiger partial charge in [0.1, 0.15) is 5.82 Å². The lowest BCUT2D eigenvalue weighted by Gasteiger charge is -2.13. The molecule has 1 saturated heterocycles. The molecule has 2 atom stereocenters. The van der Waals surface area contributed by atoms with Crippen LogP contribution in [0.2, 0.25) is 0 Å². The van der Waals surface area contributed by atoms with Gasteiger partial charge in [0.2, 0.25) is 0 Å². The number of ether oxygens (including phenoxy) is 1. The van der Waals surface area contributed by atoms with Gasteiger partial charge in [-0.2, -0.15) is 0 Å². The Kier molecular flexibility index (Phi) is 4.72. The fourth-order valence-electron chi connectivity index (χ4n) is 2.05. The number of aliphatic carboxylic acids is 1. The standard InChI is InChI=1S/C13H13BrFNO4/c14-8-2-1-3-9(15)11(8)12(17)16-6-7-4-5-10(20-7)13(18)19/h1-3,7,10H,4-6H2,(H,16,17)(H,18,19). The van der Waals surface area contributed by atoms with E-state index in [4.69, 9.17) is 9.84 Å². The van der Waals surface area contributed by atoms with E-state index in [-0.39, 0.29) is 18.2 Å². The first-order chi connectivity index (χ1) is 9.49. The van der Waals surface area contributed by atoms with E-state index < -0.39 is 23.8 Å². The van der Waals surface area contributed by atoms with Gasteiger partial charge >= 0.3 is 5.97 Å². The Bertz CT molecular complexity index is 517. The molecule has 1 aromatic carbocycles. The van der Waals surface area contributed by atoms with Crippen molar-refractivity contribution in [1.29, 1.82) is 0 Å². The molecule has 5 nitrogen and oxygen atoms in total. The Morgan fingerprint density at radius 3 is 2.80 bits per heavy atom. The third kappa shape index (κ3) is 3.34. The van der Waals surface area contributed by atoms with E-state index in [0.29, 0.717) is 17.3 Å². The highest BCUT2D eigenvalue weighted by Crippen LogP contribution is 2.21. The van der Waals surface area contributed by atoms with Gasteiger partial charge in [-0.25, -0.2) is 9.18 Å². The van der Waals surface area contributed by atoms with Gasteiger partial charge in [-0.05, 0) is 40.9 Å². The first-order valence-corrected chi connectivity index (χ1v) is 6.89. The zero-order chi connectivity index (χ0) is 14.7. The van der Waals surface area contributed by atoms with Crippen LogP contribution in [0, 0.1) is 5.82 Å². The van der Waals surface area contributed by atoms with Crippen molar-refractivity contribution < 1.29 is 23.8 Å². The lowest BCUT2D eigenvalue weighted by atomic mass is 10.1. The van der Waals surface area contributed by atoms with Crippen LogP contribution in [0.3, 0.4) is 0 Å². The van der Waals surface area contributed by atoms with Crippen molar-refractivity contribution >= 4 is 27.8 Å². The number of halogens is 2. The lowest BCUT2D eigenvalue weighted by molar-refractivity contribution is -0.149. The fraction of sp³-hybridized carbons (Fsp3) is 0.385. The molecule has 1 aliphatic heterocycles. The van der Waals surface area contributed by atoms with Gasteiger partial charge in [-0.15, -0.1) is 0 Å². The van der Waals surface area contributed by atoms with Crippen LogP contribution in [0.1, 0.15) is 23.2 Å². The van der Waals surface area contributed by atoms with Crippen LogP contribution < -0.4 is 5.32 Å². The summed E-state index contributed by atoms with van der Waals surface area (Å²) in [6, 6.07) is 4.27. The number of hydrogen-bond acceptors (Lipinski definition) is 3. The summed E-state index contributed by atoms with van der Waals surface area (Å²) >= 11 is 3.12. The maximum atomic E-state index is 13.6. The summed E-state index contributed by atoms with van der Waals surface area (Å²) in [5, 5.41) is 11.3. The Morgan fingerprint density at radius 1 is 1.45 bits per heavy atom. The molecule has 2 unspecified atom stereocenters. The third-order valence-corrected chi connectivity index (χ3v) is 3.72. The van der Waals surface area contributed by atoms with E-state index in [0.717, 1.165) is 0 Å². The van der Waals surface area contributed by atoms with Crippen molar-refractivity contribution in [3.63, 3.8) is 0 Å². The Morgan fingerprint density at radius 2 is 2.20 bits per heavy atom. The molecule has 0 saturated carbocycles. The molecule has 108 valence electrons. The molecular weight excluding hydrogens is 333 g/mol. The Balaban J connectivity index is 1.92. The molecule has 1 heterocycles. The molecule has 20 heavy (non-hydrogen) atoms. The fourth-order valence-corrected chi connectivity index (χ4v) is 2.57. The van der Waals surface area contributed by atoms with Crippen LogP contribution in [0.5, 0.6) is 0 Å². The van der Waals surface area contributed by atoms with Crippen molar-refractivity contribution in [2.45, 2.75) is 25.0 Å². The second-order valence-electron chi connectivity index (χ2n) is 4.47. The Labute approximate surface area is 123 Å². The number of carboxylic acids is 1. The average Bonchev–Trinajstić information content (AvgIpc) is 2.85. The highest BCUT2D eigenvalue weighted by Gasteiger charge is 2.30. The molecule has 1 fully saturated rings. The van der Waals surface area contributed by atoms with E-state index >= 15 is 0 Å². The summed E-state index contributed by atoms with van der Waals surface area (Å²) in [6.45, 7) is 0.156. The summed E-state index contributed by atoms with van der Waals surface area (Å²) in [4.78, 5) is 22.6. The molecule has 2 rings (SSSR count). The van der Waals surface area contributed by atoms with Gasteiger partial charge in [0.05, 0.1) is 11.7 Å². The quantitative estimate of drug-likeness (QED) is 0.874. The molecule has 2 N–H and O–H groups in total. The van der Waals surface area contributed by atoms with Gasteiger partial charge in [0.25, 0.3) is 5.91 Å². The summed E-state index contributed by atoms with van der Waals surface area (Å²) < 4.78 is 19.2. The molecule has 7 heteroatoms. The normalized spacial score (nSPS) is 21.7. The number of carbonyl (C=O) groups excluding carboxylic acids is 1. The number of nitrogens with one attached hydrogen (secondary N) is 1. The third-order valence-electron chi connectivity index (χ3n) is 3.06. The summed E-state index contributed by atoms with van der Waals surface area (Å²) in [6.07, 6.45) is -0.211. The number of benzene rings is 1. The van der Waals surface area contributed by atoms with E-state index in [9.17, 15) is 14.0 Å². The van der Waals surface area contributed by atoms with Crippen molar-refractivity contribution in [2.24, 2.45) is 0 Å². The van der Waals surface area contributed by atoms with Crippen LogP contribution in [-0.2, 0) is 9.53 Å². The van der Waals surface area contributed by atoms with Crippen molar-refractivity contribution in [3.8, 4) is 0 Å². The molecule has 0 spiro atoms. The highest BCUT2D eigenvalue weighted by atomic mass is 79.9. The number of rotatable bonds is 4. The first-order valence-electron chi connectivity index (χ1n) is 6.09.